The van der Waals surface area contributed by atoms with Crippen molar-refractivity contribution in [3.63, 3.8) is 0 Å². The zero-order valence-electron chi connectivity index (χ0n) is 14.5. The highest BCUT2D eigenvalue weighted by Crippen LogP contribution is 2.21. The lowest BCUT2D eigenvalue weighted by Gasteiger charge is -2.22. The van der Waals surface area contributed by atoms with E-state index in [9.17, 15) is 4.79 Å². The highest BCUT2D eigenvalue weighted by molar-refractivity contribution is 6.30. The number of amides is 1. The lowest BCUT2D eigenvalue weighted by molar-refractivity contribution is -0.907. The Balaban J connectivity index is 2.09. The van der Waals surface area contributed by atoms with Gasteiger partial charge in [-0.15, -0.1) is 0 Å². The van der Waals surface area contributed by atoms with E-state index in [0.29, 0.717) is 22.8 Å². The van der Waals surface area contributed by atoms with Gasteiger partial charge in [0.05, 0.1) is 25.4 Å². The zero-order valence-corrected chi connectivity index (χ0v) is 15.2. The molecule has 0 heterocycles. The summed E-state index contributed by atoms with van der Waals surface area (Å²) in [7, 11) is 3.54. The van der Waals surface area contributed by atoms with Crippen molar-refractivity contribution >= 4 is 23.2 Å². The van der Waals surface area contributed by atoms with Crippen LogP contribution in [-0.4, -0.2) is 26.1 Å². The van der Waals surface area contributed by atoms with Gasteiger partial charge in [0.2, 0.25) is 0 Å². The number of anilines is 1. The Labute approximate surface area is 152 Å². The van der Waals surface area contributed by atoms with Crippen molar-refractivity contribution in [2.75, 3.05) is 19.5 Å². The van der Waals surface area contributed by atoms with Crippen LogP contribution in [0.25, 0.3) is 0 Å². The minimum atomic E-state index is -0.324. The molecule has 2 atom stereocenters. The Bertz CT molecular complexity index is 801. The van der Waals surface area contributed by atoms with Crippen LogP contribution in [0.3, 0.4) is 0 Å². The number of para-hydroxylation sites is 1. The van der Waals surface area contributed by atoms with Gasteiger partial charge in [-0.3, -0.25) is 4.79 Å². The molecule has 0 aliphatic heterocycles. The summed E-state index contributed by atoms with van der Waals surface area (Å²) in [5.41, 5.74) is 1.90. The molecule has 6 heteroatoms. The third kappa shape index (κ3) is 4.72. The molecule has 1 amide bonds. The third-order valence-electron chi connectivity index (χ3n) is 4.15. The molecule has 1 unspecified atom stereocenters. The van der Waals surface area contributed by atoms with Crippen LogP contribution in [0.4, 0.5) is 5.69 Å². The SMILES string of the molecule is COc1ccc(Cl)cc1C[NH+](C)[C@H](C)C(=O)Nc1ccccc1C#N. The first-order valence-corrected chi connectivity index (χ1v) is 8.28. The first-order valence-electron chi connectivity index (χ1n) is 7.91. The molecule has 0 aliphatic carbocycles. The topological polar surface area (TPSA) is 66.6 Å². The number of hydrogen-bond donors (Lipinski definition) is 2. The van der Waals surface area contributed by atoms with Gasteiger partial charge in [0.15, 0.2) is 6.04 Å². The van der Waals surface area contributed by atoms with Gasteiger partial charge >= 0.3 is 0 Å². The van der Waals surface area contributed by atoms with Crippen molar-refractivity contribution in [2.45, 2.75) is 19.5 Å². The molecular weight excluding hydrogens is 338 g/mol. The summed E-state index contributed by atoms with van der Waals surface area (Å²) >= 11 is 6.07. The number of hydrogen-bond acceptors (Lipinski definition) is 3. The van der Waals surface area contributed by atoms with E-state index < -0.39 is 0 Å². The second-order valence-electron chi connectivity index (χ2n) is 5.85. The van der Waals surface area contributed by atoms with Gasteiger partial charge in [-0.1, -0.05) is 23.7 Å². The number of rotatable bonds is 6. The minimum Gasteiger partial charge on any atom is -0.496 e. The first kappa shape index (κ1) is 18.8. The maximum absolute atomic E-state index is 12.5. The van der Waals surface area contributed by atoms with Gasteiger partial charge < -0.3 is 15.0 Å². The third-order valence-corrected chi connectivity index (χ3v) is 4.38. The predicted octanol–water partition coefficient (Wildman–Crippen LogP) is 2.26. The highest BCUT2D eigenvalue weighted by Gasteiger charge is 2.24. The average Bonchev–Trinajstić information content (AvgIpc) is 2.61. The van der Waals surface area contributed by atoms with E-state index in [1.807, 2.05) is 26.1 Å². The number of likely N-dealkylation sites (N-methyl/N-ethyl adjacent to an activating group) is 1. The molecule has 5 nitrogen and oxygen atoms in total. The Morgan fingerprint density at radius 3 is 2.76 bits per heavy atom. The van der Waals surface area contributed by atoms with Crippen molar-refractivity contribution in [3.05, 3.63) is 58.6 Å². The van der Waals surface area contributed by atoms with Crippen molar-refractivity contribution in [1.29, 1.82) is 5.26 Å². The van der Waals surface area contributed by atoms with Gasteiger partial charge in [-0.25, -0.2) is 0 Å². The second kappa shape index (κ2) is 8.52. The van der Waals surface area contributed by atoms with Crippen LogP contribution < -0.4 is 15.0 Å². The van der Waals surface area contributed by atoms with Crippen LogP contribution in [0, 0.1) is 11.3 Å². The molecule has 2 rings (SSSR count). The monoisotopic (exact) mass is 358 g/mol. The van der Waals surface area contributed by atoms with Crippen LogP contribution >= 0.6 is 11.6 Å². The molecule has 2 aromatic rings. The Hall–Kier alpha value is -2.55. The molecule has 0 aromatic heterocycles. The van der Waals surface area contributed by atoms with Crippen molar-refractivity contribution in [2.24, 2.45) is 0 Å². The molecule has 0 bridgehead atoms. The first-order chi connectivity index (χ1) is 12.0. The lowest BCUT2D eigenvalue weighted by atomic mass is 10.1. The second-order valence-corrected chi connectivity index (χ2v) is 6.28. The van der Waals surface area contributed by atoms with Crippen molar-refractivity contribution < 1.29 is 14.4 Å². The Morgan fingerprint density at radius 2 is 2.08 bits per heavy atom. The number of carbonyl (C=O) groups is 1. The maximum atomic E-state index is 12.5. The molecule has 0 fully saturated rings. The largest absolute Gasteiger partial charge is 0.496 e. The Morgan fingerprint density at radius 1 is 1.36 bits per heavy atom. The van der Waals surface area contributed by atoms with Crippen LogP contribution in [0.2, 0.25) is 5.02 Å². The van der Waals surface area contributed by atoms with Gasteiger partial charge in [-0.2, -0.15) is 5.26 Å². The number of nitrogens with zero attached hydrogens (tertiary/aromatic N) is 1. The molecule has 2 N–H and O–H groups in total. The summed E-state index contributed by atoms with van der Waals surface area (Å²) in [6, 6.07) is 14.1. The fourth-order valence-corrected chi connectivity index (χ4v) is 2.69. The number of quaternary nitrogens is 1. The van der Waals surface area contributed by atoms with E-state index in [-0.39, 0.29) is 11.9 Å². The number of benzene rings is 2. The summed E-state index contributed by atoms with van der Waals surface area (Å²) in [6.07, 6.45) is 0. The molecule has 0 spiro atoms. The van der Waals surface area contributed by atoms with E-state index in [1.165, 1.54) is 0 Å². The summed E-state index contributed by atoms with van der Waals surface area (Å²) in [5.74, 6) is 0.590. The normalized spacial score (nSPS) is 12.8. The summed E-state index contributed by atoms with van der Waals surface area (Å²) < 4.78 is 5.36. The van der Waals surface area contributed by atoms with Crippen LogP contribution in [0.15, 0.2) is 42.5 Å². The number of halogens is 1. The van der Waals surface area contributed by atoms with Crippen LogP contribution in [0.5, 0.6) is 5.75 Å². The molecule has 2 aromatic carbocycles. The van der Waals surface area contributed by atoms with E-state index in [0.717, 1.165) is 16.2 Å². The van der Waals surface area contributed by atoms with Crippen LogP contribution in [-0.2, 0) is 11.3 Å². The Kier molecular flexibility index (Phi) is 6.40. The highest BCUT2D eigenvalue weighted by atomic mass is 35.5. The van der Waals surface area contributed by atoms with Gasteiger partial charge in [0.25, 0.3) is 5.91 Å². The number of nitrogens with one attached hydrogen (secondary N) is 2. The van der Waals surface area contributed by atoms with Crippen molar-refractivity contribution in [1.82, 2.24) is 0 Å². The van der Waals surface area contributed by atoms with Gasteiger partial charge in [-0.05, 0) is 37.3 Å². The molecule has 25 heavy (non-hydrogen) atoms. The van der Waals surface area contributed by atoms with E-state index >= 15 is 0 Å². The molecule has 0 aliphatic rings. The molecule has 0 saturated carbocycles. The molecular formula is C19H21ClN3O2+. The maximum Gasteiger partial charge on any atom is 0.282 e. The van der Waals surface area contributed by atoms with Gasteiger partial charge in [0.1, 0.15) is 18.4 Å². The predicted molar refractivity (Wildman–Crippen MR) is 97.8 cm³/mol. The summed E-state index contributed by atoms with van der Waals surface area (Å²) in [6.45, 7) is 2.43. The van der Waals surface area contributed by atoms with Gasteiger partial charge in [0, 0.05) is 10.6 Å². The number of carbonyl (C=O) groups excluding carboxylic acids is 1. The standard InChI is InChI=1S/C19H20ClN3O2/c1-13(19(24)22-17-7-5-4-6-14(17)11-21)23(2)12-15-10-16(20)8-9-18(15)25-3/h4-10,13H,12H2,1-3H3,(H,22,24)/p+1/t13-/m1/s1. The van der Waals surface area contributed by atoms with E-state index in [4.69, 9.17) is 21.6 Å². The summed E-state index contributed by atoms with van der Waals surface area (Å²) in [5, 5.41) is 12.6. The lowest BCUT2D eigenvalue weighted by Crippen LogP contribution is -3.12. The number of ether oxygens (including phenoxy) is 1. The minimum absolute atomic E-state index is 0.152. The molecule has 130 valence electrons. The fourth-order valence-electron chi connectivity index (χ4n) is 2.49. The van der Waals surface area contributed by atoms with E-state index in [1.54, 1.807) is 37.4 Å². The average molecular weight is 359 g/mol. The fraction of sp³-hybridized carbons (Fsp3) is 0.263. The number of methoxy groups -OCH3 is 1. The summed E-state index contributed by atoms with van der Waals surface area (Å²) in [4.78, 5) is 13.5. The zero-order chi connectivity index (χ0) is 18.4. The van der Waals surface area contributed by atoms with Crippen LogP contribution in [0.1, 0.15) is 18.1 Å². The molecule has 0 radical (unpaired) electrons. The number of nitriles is 1. The van der Waals surface area contributed by atoms with Crippen molar-refractivity contribution in [3.8, 4) is 11.8 Å². The van der Waals surface area contributed by atoms with E-state index in [2.05, 4.69) is 11.4 Å². The quantitative estimate of drug-likeness (QED) is 0.832. The molecule has 0 saturated heterocycles. The smallest absolute Gasteiger partial charge is 0.282 e.